The van der Waals surface area contributed by atoms with Gasteiger partial charge in [-0.25, -0.2) is 0 Å². The molecule has 0 fully saturated rings. The molecular weight excluding hydrogens is 409 g/mol. The Kier molecular flexibility index (Phi) is 5.12. The first kappa shape index (κ1) is 15.5. The average Bonchev–Trinajstić information content (AvgIpc) is 2.66. The summed E-state index contributed by atoms with van der Waals surface area (Å²) in [6, 6.07) is 6.51. The number of benzene rings is 1. The number of thiophene rings is 1. The Labute approximate surface area is 139 Å². The number of nitrogens with one attached hydrogen (secondary N) is 1. The monoisotopic (exact) mass is 421 g/mol. The van der Waals surface area contributed by atoms with Crippen molar-refractivity contribution in [1.29, 1.82) is 0 Å². The molecule has 5 heteroatoms. The molecule has 0 bridgehead atoms. The number of halogens is 3. The molecule has 0 aliphatic rings. The van der Waals surface area contributed by atoms with Crippen molar-refractivity contribution in [3.8, 4) is 0 Å². The maximum atomic E-state index is 6.18. The molecule has 0 radical (unpaired) electrons. The fraction of sp³-hybridized carbons (Fsp3) is 0.286. The summed E-state index contributed by atoms with van der Waals surface area (Å²) in [7, 11) is 1.98. The molecule has 0 aliphatic carbocycles. The van der Waals surface area contributed by atoms with Crippen LogP contribution in [-0.4, -0.2) is 7.05 Å². The Bertz CT molecular complexity index is 610. The van der Waals surface area contributed by atoms with E-state index in [1.54, 1.807) is 11.3 Å². The van der Waals surface area contributed by atoms with Crippen LogP contribution in [0.2, 0.25) is 5.02 Å². The van der Waals surface area contributed by atoms with Gasteiger partial charge in [0.2, 0.25) is 0 Å². The first-order valence-electron chi connectivity index (χ1n) is 5.82. The van der Waals surface area contributed by atoms with Crippen molar-refractivity contribution >= 4 is 54.8 Å². The minimum absolute atomic E-state index is 0.160. The minimum Gasteiger partial charge on any atom is -0.309 e. The molecule has 0 amide bonds. The fourth-order valence-corrected chi connectivity index (χ4v) is 5.26. The first-order valence-corrected chi connectivity index (χ1v) is 8.60. The number of rotatable bonds is 3. The standard InChI is InChI=1S/C14H14Br2ClNS/c1-7-5-11(17)8(2)4-9(7)13(18-3)10-6-12(15)19-14(10)16/h4-6,13,18H,1-3H3. The van der Waals surface area contributed by atoms with Crippen LogP contribution < -0.4 is 5.32 Å². The summed E-state index contributed by atoms with van der Waals surface area (Å²) in [6.45, 7) is 4.14. The lowest BCUT2D eigenvalue weighted by Gasteiger charge is -2.20. The zero-order chi connectivity index (χ0) is 14.2. The minimum atomic E-state index is 0.160. The molecule has 102 valence electrons. The summed E-state index contributed by atoms with van der Waals surface area (Å²) in [6.07, 6.45) is 0. The number of hydrogen-bond acceptors (Lipinski definition) is 2. The summed E-state index contributed by atoms with van der Waals surface area (Å²) in [5, 5.41) is 4.21. The van der Waals surface area contributed by atoms with Crippen molar-refractivity contribution in [2.75, 3.05) is 7.05 Å². The maximum Gasteiger partial charge on any atom is 0.0761 e. The van der Waals surface area contributed by atoms with Gasteiger partial charge in [0, 0.05) is 5.02 Å². The molecular formula is C14H14Br2ClNS. The van der Waals surface area contributed by atoms with Gasteiger partial charge in [0.25, 0.3) is 0 Å². The van der Waals surface area contributed by atoms with Gasteiger partial charge in [0.15, 0.2) is 0 Å². The van der Waals surface area contributed by atoms with Crippen LogP contribution in [0.3, 0.4) is 0 Å². The summed E-state index contributed by atoms with van der Waals surface area (Å²) >= 11 is 15.0. The SMILES string of the molecule is CNC(c1cc(C)c(Cl)cc1C)c1cc(Br)sc1Br. The van der Waals surface area contributed by atoms with E-state index in [0.717, 1.165) is 18.2 Å². The molecule has 1 aromatic heterocycles. The third-order valence-corrected chi connectivity index (χ3v) is 5.93. The van der Waals surface area contributed by atoms with Crippen LogP contribution in [0, 0.1) is 13.8 Å². The summed E-state index contributed by atoms with van der Waals surface area (Å²) in [5.74, 6) is 0. The van der Waals surface area contributed by atoms with Crippen LogP contribution in [-0.2, 0) is 0 Å². The lowest BCUT2D eigenvalue weighted by atomic mass is 9.95. The van der Waals surface area contributed by atoms with Gasteiger partial charge in [-0.05, 0) is 87.1 Å². The predicted octanol–water partition coefficient (Wildman–Crippen LogP) is 5.85. The van der Waals surface area contributed by atoms with E-state index in [4.69, 9.17) is 11.6 Å². The van der Waals surface area contributed by atoms with Crippen molar-refractivity contribution in [3.63, 3.8) is 0 Å². The third kappa shape index (κ3) is 3.24. The zero-order valence-corrected chi connectivity index (χ0v) is 15.6. The topological polar surface area (TPSA) is 12.0 Å². The van der Waals surface area contributed by atoms with Gasteiger partial charge in [0.05, 0.1) is 13.6 Å². The molecule has 19 heavy (non-hydrogen) atoms. The van der Waals surface area contributed by atoms with Crippen molar-refractivity contribution in [2.45, 2.75) is 19.9 Å². The van der Waals surface area contributed by atoms with Crippen LogP contribution in [0.4, 0.5) is 0 Å². The van der Waals surface area contributed by atoms with E-state index < -0.39 is 0 Å². The highest BCUT2D eigenvalue weighted by Crippen LogP contribution is 2.39. The third-order valence-electron chi connectivity index (χ3n) is 3.14. The molecule has 1 unspecified atom stereocenters. The van der Waals surface area contributed by atoms with Gasteiger partial charge in [-0.15, -0.1) is 11.3 Å². The molecule has 0 spiro atoms. The largest absolute Gasteiger partial charge is 0.309 e. The van der Waals surface area contributed by atoms with Crippen LogP contribution in [0.15, 0.2) is 25.8 Å². The van der Waals surface area contributed by atoms with E-state index in [0.29, 0.717) is 0 Å². The lowest BCUT2D eigenvalue weighted by Crippen LogP contribution is -2.18. The second-order valence-corrected chi connectivity index (χ2v) is 8.62. The van der Waals surface area contributed by atoms with Gasteiger partial charge in [-0.2, -0.15) is 0 Å². The average molecular weight is 424 g/mol. The molecule has 1 heterocycles. The number of aryl methyl sites for hydroxylation is 2. The summed E-state index contributed by atoms with van der Waals surface area (Å²) in [5.41, 5.74) is 4.80. The Balaban J connectivity index is 2.54. The van der Waals surface area contributed by atoms with Crippen LogP contribution in [0.1, 0.15) is 28.3 Å². The second-order valence-electron chi connectivity index (χ2n) is 4.46. The molecule has 0 saturated heterocycles. The Morgan fingerprint density at radius 1 is 1.11 bits per heavy atom. The normalized spacial score (nSPS) is 12.7. The molecule has 1 atom stereocenters. The smallest absolute Gasteiger partial charge is 0.0761 e. The predicted molar refractivity (Wildman–Crippen MR) is 91.5 cm³/mol. The highest BCUT2D eigenvalue weighted by Gasteiger charge is 2.20. The quantitative estimate of drug-likeness (QED) is 0.653. The molecule has 1 N–H and O–H groups in total. The van der Waals surface area contributed by atoms with Crippen LogP contribution in [0.25, 0.3) is 0 Å². The molecule has 0 saturated carbocycles. The molecule has 0 aliphatic heterocycles. The van der Waals surface area contributed by atoms with E-state index >= 15 is 0 Å². The Morgan fingerprint density at radius 2 is 1.79 bits per heavy atom. The molecule has 2 aromatic rings. The van der Waals surface area contributed by atoms with E-state index in [9.17, 15) is 0 Å². The van der Waals surface area contributed by atoms with Gasteiger partial charge in [0.1, 0.15) is 0 Å². The lowest BCUT2D eigenvalue weighted by molar-refractivity contribution is 0.687. The maximum absolute atomic E-state index is 6.18. The Morgan fingerprint density at radius 3 is 2.32 bits per heavy atom. The van der Waals surface area contributed by atoms with Gasteiger partial charge >= 0.3 is 0 Å². The highest BCUT2D eigenvalue weighted by molar-refractivity contribution is 9.12. The van der Waals surface area contributed by atoms with Gasteiger partial charge in [-0.3, -0.25) is 0 Å². The summed E-state index contributed by atoms with van der Waals surface area (Å²) in [4.78, 5) is 0. The van der Waals surface area contributed by atoms with E-state index in [1.165, 1.54) is 16.7 Å². The highest BCUT2D eigenvalue weighted by atomic mass is 79.9. The fourth-order valence-electron chi connectivity index (χ4n) is 2.14. The number of hydrogen-bond donors (Lipinski definition) is 1. The van der Waals surface area contributed by atoms with Gasteiger partial charge < -0.3 is 5.32 Å². The second kappa shape index (κ2) is 6.27. The van der Waals surface area contributed by atoms with Crippen molar-refractivity contribution < 1.29 is 0 Å². The summed E-state index contributed by atoms with van der Waals surface area (Å²) < 4.78 is 2.27. The van der Waals surface area contributed by atoms with E-state index in [1.807, 2.05) is 20.0 Å². The van der Waals surface area contributed by atoms with E-state index in [-0.39, 0.29) is 6.04 Å². The van der Waals surface area contributed by atoms with Crippen LogP contribution in [0.5, 0.6) is 0 Å². The van der Waals surface area contributed by atoms with Crippen molar-refractivity contribution in [3.05, 3.63) is 53.0 Å². The molecule has 2 rings (SSSR count). The zero-order valence-electron chi connectivity index (χ0n) is 10.9. The van der Waals surface area contributed by atoms with Crippen molar-refractivity contribution in [2.24, 2.45) is 0 Å². The molecule has 1 aromatic carbocycles. The molecule has 1 nitrogen and oxygen atoms in total. The Hall–Kier alpha value is 0.130. The van der Waals surface area contributed by atoms with Crippen LogP contribution >= 0.6 is 54.8 Å². The van der Waals surface area contributed by atoms with Crippen molar-refractivity contribution in [1.82, 2.24) is 5.32 Å². The van der Waals surface area contributed by atoms with E-state index in [2.05, 4.69) is 56.2 Å². The van der Waals surface area contributed by atoms with Gasteiger partial charge in [-0.1, -0.05) is 17.7 Å². The first-order chi connectivity index (χ1) is 8.93.